The highest BCUT2D eigenvalue weighted by molar-refractivity contribution is 5.96. The highest BCUT2D eigenvalue weighted by Crippen LogP contribution is 2.24. The number of nitrogens with one attached hydrogen (secondary N) is 2. The molecule has 5 heteroatoms. The van der Waals surface area contributed by atoms with E-state index in [0.29, 0.717) is 5.56 Å². The molecular weight excluding hydrogens is 386 g/mol. The zero-order valence-electron chi connectivity index (χ0n) is 17.5. The average molecular weight is 414 g/mol. The molecule has 158 valence electrons. The van der Waals surface area contributed by atoms with Crippen LogP contribution in [0.5, 0.6) is 0 Å². The van der Waals surface area contributed by atoms with Crippen LogP contribution in [-0.2, 0) is 4.79 Å². The molecule has 31 heavy (non-hydrogen) atoms. The molecule has 1 heterocycles. The van der Waals surface area contributed by atoms with E-state index in [0.717, 1.165) is 30.0 Å². The Morgan fingerprint density at radius 1 is 0.839 bits per heavy atom. The summed E-state index contributed by atoms with van der Waals surface area (Å²) in [5.41, 5.74) is 3.37. The van der Waals surface area contributed by atoms with Crippen molar-refractivity contribution < 1.29 is 9.59 Å². The number of carbonyl (C=O) groups excluding carboxylic acids is 2. The van der Waals surface area contributed by atoms with Gasteiger partial charge >= 0.3 is 0 Å². The minimum atomic E-state index is -0.421. The van der Waals surface area contributed by atoms with E-state index in [1.165, 1.54) is 12.8 Å². The summed E-state index contributed by atoms with van der Waals surface area (Å²) in [5, 5.41) is 6.02. The predicted molar refractivity (Wildman–Crippen MR) is 124 cm³/mol. The van der Waals surface area contributed by atoms with Crippen LogP contribution in [0.3, 0.4) is 0 Å². The molecule has 1 fully saturated rings. The van der Waals surface area contributed by atoms with Crippen molar-refractivity contribution in [1.29, 1.82) is 0 Å². The maximum atomic E-state index is 12.9. The van der Waals surface area contributed by atoms with Crippen molar-refractivity contribution in [2.24, 2.45) is 0 Å². The van der Waals surface area contributed by atoms with E-state index in [1.54, 1.807) is 12.1 Å². The van der Waals surface area contributed by atoms with Crippen LogP contribution < -0.4 is 15.5 Å². The van der Waals surface area contributed by atoms with Gasteiger partial charge in [0.2, 0.25) is 5.91 Å². The van der Waals surface area contributed by atoms with Crippen molar-refractivity contribution in [3.05, 3.63) is 96.1 Å². The Labute approximate surface area is 183 Å². The highest BCUT2D eigenvalue weighted by Gasteiger charge is 2.20. The summed E-state index contributed by atoms with van der Waals surface area (Å²) >= 11 is 0. The molecule has 0 aliphatic carbocycles. The van der Waals surface area contributed by atoms with Crippen molar-refractivity contribution in [2.75, 3.05) is 23.3 Å². The number of amides is 2. The second-order valence-electron chi connectivity index (χ2n) is 7.80. The standard InChI is InChI=1S/C26H27N3O2/c30-25(27-22-14-9-15-23(18-22)29-16-7-8-17-29)19-24(20-10-3-1-4-11-20)28-26(31)21-12-5-2-6-13-21/h1-6,9-15,18,24H,7-8,16-17,19H2,(H,27,30)(H,28,31). The fourth-order valence-corrected chi connectivity index (χ4v) is 3.92. The van der Waals surface area contributed by atoms with Crippen LogP contribution >= 0.6 is 0 Å². The van der Waals surface area contributed by atoms with E-state index in [2.05, 4.69) is 21.6 Å². The smallest absolute Gasteiger partial charge is 0.251 e. The topological polar surface area (TPSA) is 61.4 Å². The van der Waals surface area contributed by atoms with E-state index >= 15 is 0 Å². The van der Waals surface area contributed by atoms with Gasteiger partial charge in [-0.05, 0) is 48.7 Å². The first-order chi connectivity index (χ1) is 15.2. The van der Waals surface area contributed by atoms with Gasteiger partial charge in [0, 0.05) is 30.0 Å². The quantitative estimate of drug-likeness (QED) is 0.586. The second kappa shape index (κ2) is 9.94. The molecule has 1 aliphatic rings. The Hall–Kier alpha value is -3.60. The Balaban J connectivity index is 1.46. The molecule has 0 radical (unpaired) electrons. The number of rotatable bonds is 7. The summed E-state index contributed by atoms with van der Waals surface area (Å²) in [7, 11) is 0. The predicted octanol–water partition coefficient (Wildman–Crippen LogP) is 4.79. The third-order valence-corrected chi connectivity index (χ3v) is 5.53. The summed E-state index contributed by atoms with van der Waals surface area (Å²) in [6, 6.07) is 26.2. The summed E-state index contributed by atoms with van der Waals surface area (Å²) < 4.78 is 0. The van der Waals surface area contributed by atoms with Gasteiger partial charge in [-0.15, -0.1) is 0 Å². The number of nitrogens with zero attached hydrogens (tertiary/aromatic N) is 1. The summed E-state index contributed by atoms with van der Waals surface area (Å²) in [6.07, 6.45) is 2.56. The van der Waals surface area contributed by atoms with E-state index < -0.39 is 6.04 Å². The maximum Gasteiger partial charge on any atom is 0.251 e. The third-order valence-electron chi connectivity index (χ3n) is 5.53. The molecular formula is C26H27N3O2. The van der Waals surface area contributed by atoms with Crippen LogP contribution in [0.4, 0.5) is 11.4 Å². The molecule has 1 atom stereocenters. The van der Waals surface area contributed by atoms with Crippen molar-refractivity contribution in [2.45, 2.75) is 25.3 Å². The molecule has 0 aromatic heterocycles. The molecule has 1 aliphatic heterocycles. The van der Waals surface area contributed by atoms with Crippen LogP contribution in [0.25, 0.3) is 0 Å². The van der Waals surface area contributed by atoms with Gasteiger partial charge in [-0.25, -0.2) is 0 Å². The van der Waals surface area contributed by atoms with E-state index in [4.69, 9.17) is 0 Å². The van der Waals surface area contributed by atoms with Gasteiger partial charge in [0.05, 0.1) is 12.5 Å². The molecule has 5 nitrogen and oxygen atoms in total. The minimum Gasteiger partial charge on any atom is -0.371 e. The zero-order valence-corrected chi connectivity index (χ0v) is 17.5. The van der Waals surface area contributed by atoms with E-state index in [1.807, 2.05) is 66.7 Å². The Bertz CT molecular complexity index is 1020. The Kier molecular flexibility index (Phi) is 6.62. The lowest BCUT2D eigenvalue weighted by Gasteiger charge is -2.20. The number of anilines is 2. The Morgan fingerprint density at radius 3 is 2.23 bits per heavy atom. The number of carbonyl (C=O) groups is 2. The fourth-order valence-electron chi connectivity index (χ4n) is 3.92. The van der Waals surface area contributed by atoms with Crippen LogP contribution in [0.15, 0.2) is 84.9 Å². The molecule has 3 aromatic rings. The van der Waals surface area contributed by atoms with Crippen LogP contribution in [0, 0.1) is 0 Å². The molecule has 0 saturated carbocycles. The average Bonchev–Trinajstić information content (AvgIpc) is 3.35. The summed E-state index contributed by atoms with van der Waals surface area (Å²) in [5.74, 6) is -0.334. The first-order valence-electron chi connectivity index (χ1n) is 10.7. The molecule has 0 bridgehead atoms. The normalized spacial score (nSPS) is 14.1. The maximum absolute atomic E-state index is 12.9. The van der Waals surface area contributed by atoms with Gasteiger partial charge in [0.15, 0.2) is 0 Å². The minimum absolute atomic E-state index is 0.138. The van der Waals surface area contributed by atoms with Crippen molar-refractivity contribution >= 4 is 23.2 Å². The molecule has 1 saturated heterocycles. The molecule has 4 rings (SSSR count). The lowest BCUT2D eigenvalue weighted by Crippen LogP contribution is -2.31. The lowest BCUT2D eigenvalue weighted by molar-refractivity contribution is -0.116. The lowest BCUT2D eigenvalue weighted by atomic mass is 10.0. The van der Waals surface area contributed by atoms with Gasteiger partial charge in [-0.3, -0.25) is 9.59 Å². The van der Waals surface area contributed by atoms with Crippen molar-refractivity contribution in [3.63, 3.8) is 0 Å². The monoisotopic (exact) mass is 413 g/mol. The number of hydrogen-bond acceptors (Lipinski definition) is 3. The third kappa shape index (κ3) is 5.51. The van der Waals surface area contributed by atoms with Crippen molar-refractivity contribution in [3.8, 4) is 0 Å². The van der Waals surface area contributed by atoms with E-state index in [-0.39, 0.29) is 18.2 Å². The molecule has 1 unspecified atom stereocenters. The molecule has 2 N–H and O–H groups in total. The van der Waals surface area contributed by atoms with Gasteiger partial charge in [0.1, 0.15) is 0 Å². The summed E-state index contributed by atoms with van der Waals surface area (Å²) in [6.45, 7) is 2.11. The van der Waals surface area contributed by atoms with Gasteiger partial charge < -0.3 is 15.5 Å². The van der Waals surface area contributed by atoms with Crippen LogP contribution in [0.1, 0.15) is 41.2 Å². The van der Waals surface area contributed by atoms with Crippen LogP contribution in [0.2, 0.25) is 0 Å². The van der Waals surface area contributed by atoms with Gasteiger partial charge in [-0.1, -0.05) is 54.6 Å². The largest absolute Gasteiger partial charge is 0.371 e. The van der Waals surface area contributed by atoms with Gasteiger partial charge in [-0.2, -0.15) is 0 Å². The Morgan fingerprint density at radius 2 is 1.52 bits per heavy atom. The zero-order chi connectivity index (χ0) is 21.5. The number of benzene rings is 3. The first kappa shape index (κ1) is 20.7. The SMILES string of the molecule is O=C(CC(NC(=O)c1ccccc1)c1ccccc1)Nc1cccc(N2CCCC2)c1. The first-order valence-corrected chi connectivity index (χ1v) is 10.7. The van der Waals surface area contributed by atoms with E-state index in [9.17, 15) is 9.59 Å². The van der Waals surface area contributed by atoms with Gasteiger partial charge in [0.25, 0.3) is 5.91 Å². The van der Waals surface area contributed by atoms with Crippen molar-refractivity contribution in [1.82, 2.24) is 5.32 Å². The summed E-state index contributed by atoms with van der Waals surface area (Å²) in [4.78, 5) is 27.9. The second-order valence-corrected chi connectivity index (χ2v) is 7.80. The fraction of sp³-hybridized carbons (Fsp3) is 0.231. The molecule has 2 amide bonds. The number of hydrogen-bond donors (Lipinski definition) is 2. The highest BCUT2D eigenvalue weighted by atomic mass is 16.2. The molecule has 3 aromatic carbocycles. The van der Waals surface area contributed by atoms with Crippen LogP contribution in [-0.4, -0.2) is 24.9 Å². The molecule has 0 spiro atoms.